The number of H-pyrrole nitrogens is 1. The molecule has 1 amide bonds. The van der Waals surface area contributed by atoms with Crippen LogP contribution < -0.4 is 5.73 Å². The predicted molar refractivity (Wildman–Crippen MR) is 67.1 cm³/mol. The van der Waals surface area contributed by atoms with E-state index in [2.05, 4.69) is 10.1 Å². The molecule has 0 aliphatic heterocycles. The number of primary amides is 1. The van der Waals surface area contributed by atoms with Gasteiger partial charge >= 0.3 is 0 Å². The number of nitrogens with one attached hydrogen (secondary N) is 1. The van der Waals surface area contributed by atoms with Crippen molar-refractivity contribution in [2.45, 2.75) is 26.3 Å². The molecule has 92 valence electrons. The molecule has 0 saturated heterocycles. The van der Waals surface area contributed by atoms with Crippen LogP contribution in [0.1, 0.15) is 25.1 Å². The summed E-state index contributed by atoms with van der Waals surface area (Å²) in [5.41, 5.74) is 7.91. The highest BCUT2D eigenvalue weighted by Gasteiger charge is 2.17. The zero-order chi connectivity index (χ0) is 12.7. The summed E-state index contributed by atoms with van der Waals surface area (Å²) in [6.45, 7) is 3.83. The lowest BCUT2D eigenvalue weighted by Crippen LogP contribution is -2.18. The minimum Gasteiger partial charge on any atom is -0.370 e. The number of nitrogens with zero attached hydrogens (tertiary/aromatic N) is 3. The van der Waals surface area contributed by atoms with E-state index in [4.69, 9.17) is 18.0 Å². The highest BCUT2D eigenvalue weighted by atomic mass is 32.1. The van der Waals surface area contributed by atoms with Crippen LogP contribution in [-0.4, -0.2) is 25.2 Å². The molecule has 3 N–H and O–H groups in total. The highest BCUT2D eigenvalue weighted by molar-refractivity contribution is 7.71. The average Bonchev–Trinajstić information content (AvgIpc) is 2.65. The largest absolute Gasteiger partial charge is 0.370 e. The Morgan fingerprint density at radius 3 is 2.88 bits per heavy atom. The number of rotatable bonds is 3. The number of nitrogens with two attached hydrogens (primary N) is 1. The zero-order valence-corrected chi connectivity index (χ0v) is 10.8. The fourth-order valence-corrected chi connectivity index (χ4v) is 2.49. The number of aromatic amines is 1. The summed E-state index contributed by atoms with van der Waals surface area (Å²) in [7, 11) is 1.85. The Balaban J connectivity index is 2.64. The summed E-state index contributed by atoms with van der Waals surface area (Å²) in [6.07, 6.45) is 0.255. The number of aromatic nitrogens is 4. The monoisotopic (exact) mass is 253 g/mol. The number of amides is 1. The summed E-state index contributed by atoms with van der Waals surface area (Å²) in [5.74, 6) is -0.340. The molecule has 0 aliphatic rings. The van der Waals surface area contributed by atoms with E-state index in [-0.39, 0.29) is 18.4 Å². The van der Waals surface area contributed by atoms with E-state index in [1.165, 1.54) is 0 Å². The summed E-state index contributed by atoms with van der Waals surface area (Å²) in [6, 6.07) is -0.0800. The fourth-order valence-electron chi connectivity index (χ4n) is 2.12. The van der Waals surface area contributed by atoms with Gasteiger partial charge in [0.2, 0.25) is 5.91 Å². The van der Waals surface area contributed by atoms with Crippen LogP contribution in [0.2, 0.25) is 0 Å². The number of carbonyl (C=O) groups excluding carboxylic acids is 1. The third kappa shape index (κ3) is 1.86. The molecule has 7 heteroatoms. The topological polar surface area (TPSA) is 81.6 Å². The average molecular weight is 253 g/mol. The molecular weight excluding hydrogens is 238 g/mol. The second-order valence-electron chi connectivity index (χ2n) is 4.23. The molecule has 1 atom stereocenters. The summed E-state index contributed by atoms with van der Waals surface area (Å²) in [4.78, 5) is 14.1. The van der Waals surface area contributed by atoms with Gasteiger partial charge in [-0.2, -0.15) is 5.10 Å². The zero-order valence-electron chi connectivity index (χ0n) is 10.0. The predicted octanol–water partition coefficient (Wildman–Crippen LogP) is 1.18. The van der Waals surface area contributed by atoms with Gasteiger partial charge in [0.15, 0.2) is 10.4 Å². The molecule has 2 heterocycles. The summed E-state index contributed by atoms with van der Waals surface area (Å²) in [5, 5.41) is 4.32. The van der Waals surface area contributed by atoms with Gasteiger partial charge in [0.05, 0.1) is 5.69 Å². The summed E-state index contributed by atoms with van der Waals surface area (Å²) >= 11 is 5.27. The number of hydrogen-bond donors (Lipinski definition) is 2. The van der Waals surface area contributed by atoms with Gasteiger partial charge < -0.3 is 10.7 Å². The van der Waals surface area contributed by atoms with Crippen molar-refractivity contribution in [3.05, 3.63) is 10.5 Å². The first-order valence-electron chi connectivity index (χ1n) is 5.34. The van der Waals surface area contributed by atoms with Crippen LogP contribution in [0.15, 0.2) is 0 Å². The van der Waals surface area contributed by atoms with Crippen molar-refractivity contribution in [2.24, 2.45) is 12.8 Å². The van der Waals surface area contributed by atoms with Crippen molar-refractivity contribution < 1.29 is 4.79 Å². The lowest BCUT2D eigenvalue weighted by molar-refractivity contribution is -0.118. The molecule has 0 fully saturated rings. The summed E-state index contributed by atoms with van der Waals surface area (Å²) < 4.78 is 4.23. The van der Waals surface area contributed by atoms with Crippen molar-refractivity contribution in [1.29, 1.82) is 0 Å². The lowest BCUT2D eigenvalue weighted by atomic mass is 10.2. The Kier molecular flexibility index (Phi) is 2.78. The van der Waals surface area contributed by atoms with Crippen molar-refractivity contribution in [3.63, 3.8) is 0 Å². The molecule has 17 heavy (non-hydrogen) atoms. The maximum absolute atomic E-state index is 11.0. The van der Waals surface area contributed by atoms with Crippen LogP contribution in [0.4, 0.5) is 0 Å². The van der Waals surface area contributed by atoms with E-state index in [1.54, 1.807) is 4.68 Å². The number of imidazole rings is 1. The van der Waals surface area contributed by atoms with Gasteiger partial charge in [0.25, 0.3) is 0 Å². The smallest absolute Gasteiger partial charge is 0.219 e. The van der Waals surface area contributed by atoms with Crippen LogP contribution in [0, 0.1) is 11.7 Å². The van der Waals surface area contributed by atoms with Crippen molar-refractivity contribution >= 4 is 29.3 Å². The number of carbonyl (C=O) groups is 1. The van der Waals surface area contributed by atoms with Crippen LogP contribution >= 0.6 is 12.2 Å². The molecule has 0 radical (unpaired) electrons. The molecule has 0 spiro atoms. The Morgan fingerprint density at radius 2 is 2.29 bits per heavy atom. The highest BCUT2D eigenvalue weighted by Crippen LogP contribution is 2.22. The molecule has 6 nitrogen and oxygen atoms in total. The third-order valence-corrected chi connectivity index (χ3v) is 3.11. The SMILES string of the molecule is Cc1nn(C)c2c1[nH]c(=S)n2C(C)CC(N)=O. The second kappa shape index (κ2) is 3.99. The first kappa shape index (κ1) is 11.8. The quantitative estimate of drug-likeness (QED) is 0.806. The molecule has 1 unspecified atom stereocenters. The Morgan fingerprint density at radius 1 is 1.65 bits per heavy atom. The molecule has 2 rings (SSSR count). The van der Waals surface area contributed by atoms with Gasteiger partial charge in [-0.3, -0.25) is 14.0 Å². The first-order valence-corrected chi connectivity index (χ1v) is 5.74. The maximum atomic E-state index is 11.0. The van der Waals surface area contributed by atoms with Crippen LogP contribution in [0.3, 0.4) is 0 Å². The van der Waals surface area contributed by atoms with Gasteiger partial charge in [0, 0.05) is 19.5 Å². The molecular formula is C10H15N5OS. The number of hydrogen-bond acceptors (Lipinski definition) is 3. The maximum Gasteiger partial charge on any atom is 0.219 e. The number of fused-ring (bicyclic) bond motifs is 1. The van der Waals surface area contributed by atoms with Gasteiger partial charge in [-0.15, -0.1) is 0 Å². The third-order valence-electron chi connectivity index (χ3n) is 2.81. The Bertz CT molecular complexity index is 635. The lowest BCUT2D eigenvalue weighted by Gasteiger charge is -2.12. The first-order chi connectivity index (χ1) is 7.91. The molecule has 0 saturated carbocycles. The van der Waals surface area contributed by atoms with E-state index in [0.29, 0.717) is 4.77 Å². The van der Waals surface area contributed by atoms with Crippen molar-refractivity contribution in [2.75, 3.05) is 0 Å². The van der Waals surface area contributed by atoms with Crippen LogP contribution in [-0.2, 0) is 11.8 Å². The van der Waals surface area contributed by atoms with E-state index in [9.17, 15) is 4.79 Å². The van der Waals surface area contributed by atoms with Gasteiger partial charge in [0.1, 0.15) is 5.52 Å². The Hall–Kier alpha value is -1.63. The fraction of sp³-hybridized carbons (Fsp3) is 0.500. The van der Waals surface area contributed by atoms with Gasteiger partial charge in [-0.25, -0.2) is 0 Å². The molecule has 0 aromatic carbocycles. The van der Waals surface area contributed by atoms with Gasteiger partial charge in [-0.1, -0.05) is 0 Å². The molecule has 2 aromatic rings. The van der Waals surface area contributed by atoms with E-state index >= 15 is 0 Å². The molecule has 0 bridgehead atoms. The molecule has 2 aromatic heterocycles. The van der Waals surface area contributed by atoms with Crippen molar-refractivity contribution in [1.82, 2.24) is 19.3 Å². The van der Waals surface area contributed by atoms with E-state index in [0.717, 1.165) is 16.9 Å². The minimum atomic E-state index is -0.340. The van der Waals surface area contributed by atoms with E-state index in [1.807, 2.05) is 25.5 Å². The molecule has 0 aliphatic carbocycles. The minimum absolute atomic E-state index is 0.0800. The Labute approximate surface area is 103 Å². The second-order valence-corrected chi connectivity index (χ2v) is 4.61. The van der Waals surface area contributed by atoms with Gasteiger partial charge in [-0.05, 0) is 26.1 Å². The number of aryl methyl sites for hydroxylation is 2. The van der Waals surface area contributed by atoms with Crippen LogP contribution in [0.25, 0.3) is 11.2 Å². The van der Waals surface area contributed by atoms with Crippen molar-refractivity contribution in [3.8, 4) is 0 Å². The van der Waals surface area contributed by atoms with Crippen LogP contribution in [0.5, 0.6) is 0 Å². The standard InChI is InChI=1S/C10H15N5OS/c1-5(4-7(11)16)15-9-8(12-10(15)17)6(2)13-14(9)3/h5H,4H2,1-3H3,(H2,11,16)(H,12,17). The normalized spacial score (nSPS) is 13.1. The van der Waals surface area contributed by atoms with E-state index < -0.39 is 0 Å².